The molecule has 142 valence electrons. The van der Waals surface area contributed by atoms with Crippen LogP contribution in [0.25, 0.3) is 10.9 Å². The van der Waals surface area contributed by atoms with Crippen LogP contribution in [0.4, 0.5) is 4.79 Å². The molecule has 1 aromatic carbocycles. The Balaban J connectivity index is 1.94. The predicted octanol–water partition coefficient (Wildman–Crippen LogP) is 4.62. The molecule has 1 heterocycles. The zero-order chi connectivity index (χ0) is 19.1. The van der Waals surface area contributed by atoms with E-state index in [-0.39, 0.29) is 12.1 Å². The number of alkyl carbamates (subject to hydrolysis) is 1. The maximum absolute atomic E-state index is 12.4. The summed E-state index contributed by atoms with van der Waals surface area (Å²) in [6, 6.07) is 6.22. The Kier molecular flexibility index (Phi) is 5.35. The molecule has 2 atom stereocenters. The molecule has 0 saturated carbocycles. The molecule has 0 radical (unpaired) electrons. The third kappa shape index (κ3) is 4.41. The summed E-state index contributed by atoms with van der Waals surface area (Å²) in [5, 5.41) is 4.32. The smallest absolute Gasteiger partial charge is 0.408 e. The predicted molar refractivity (Wildman–Crippen MR) is 108 cm³/mol. The Hall–Kier alpha value is -1.53. The lowest BCUT2D eigenvalue weighted by Crippen LogP contribution is -2.39. The molecular weight excluding hydrogens is 394 g/mol. The Morgan fingerprint density at radius 2 is 2.12 bits per heavy atom. The first kappa shape index (κ1) is 19.2. The fraction of sp³-hybridized carbons (Fsp3) is 0.550. The van der Waals surface area contributed by atoms with Crippen LogP contribution in [0.5, 0.6) is 0 Å². The number of fused-ring (bicyclic) bond motifs is 3. The van der Waals surface area contributed by atoms with Gasteiger partial charge >= 0.3 is 6.09 Å². The summed E-state index contributed by atoms with van der Waals surface area (Å²) in [6.45, 7) is 6.64. The van der Waals surface area contributed by atoms with Gasteiger partial charge in [0.05, 0.1) is 6.04 Å². The molecule has 3 rings (SSSR count). The zero-order valence-corrected chi connectivity index (χ0v) is 17.7. The topological polar surface area (TPSA) is 57.4 Å². The average Bonchev–Trinajstić information content (AvgIpc) is 2.83. The van der Waals surface area contributed by atoms with Crippen LogP contribution in [0.15, 0.2) is 22.7 Å². The highest BCUT2D eigenvalue weighted by molar-refractivity contribution is 9.10. The number of aromatic amines is 1. The van der Waals surface area contributed by atoms with Gasteiger partial charge in [0.25, 0.3) is 0 Å². The van der Waals surface area contributed by atoms with Gasteiger partial charge in [-0.2, -0.15) is 0 Å². The zero-order valence-electron chi connectivity index (χ0n) is 16.1. The summed E-state index contributed by atoms with van der Waals surface area (Å²) in [7, 11) is 4.19. The van der Waals surface area contributed by atoms with Crippen molar-refractivity contribution in [3.8, 4) is 0 Å². The summed E-state index contributed by atoms with van der Waals surface area (Å²) < 4.78 is 6.55. The molecule has 2 unspecified atom stereocenters. The fourth-order valence-electron chi connectivity index (χ4n) is 3.82. The van der Waals surface area contributed by atoms with E-state index in [0.29, 0.717) is 5.92 Å². The van der Waals surface area contributed by atoms with Crippen LogP contribution in [0.3, 0.4) is 0 Å². The Labute approximate surface area is 163 Å². The second-order valence-electron chi connectivity index (χ2n) is 8.47. The number of nitrogens with one attached hydrogen (secondary N) is 2. The first-order valence-corrected chi connectivity index (χ1v) is 9.86. The van der Waals surface area contributed by atoms with Crippen molar-refractivity contribution in [2.75, 3.05) is 20.6 Å². The molecule has 0 fully saturated rings. The average molecular weight is 422 g/mol. The van der Waals surface area contributed by atoms with Crippen LogP contribution in [-0.2, 0) is 11.2 Å². The van der Waals surface area contributed by atoms with E-state index >= 15 is 0 Å². The lowest BCUT2D eigenvalue weighted by atomic mass is 9.83. The van der Waals surface area contributed by atoms with Crippen molar-refractivity contribution in [3.63, 3.8) is 0 Å². The highest BCUT2D eigenvalue weighted by Gasteiger charge is 2.32. The highest BCUT2D eigenvalue weighted by Crippen LogP contribution is 2.38. The van der Waals surface area contributed by atoms with Crippen LogP contribution >= 0.6 is 15.9 Å². The van der Waals surface area contributed by atoms with Crippen molar-refractivity contribution in [2.24, 2.45) is 5.92 Å². The molecule has 5 nitrogen and oxygen atoms in total. The Morgan fingerprint density at radius 3 is 2.77 bits per heavy atom. The van der Waals surface area contributed by atoms with Gasteiger partial charge in [-0.05, 0) is 77.4 Å². The monoisotopic (exact) mass is 421 g/mol. The number of hydrogen-bond acceptors (Lipinski definition) is 3. The number of hydrogen-bond donors (Lipinski definition) is 2. The first-order valence-electron chi connectivity index (χ1n) is 9.06. The molecule has 1 amide bonds. The van der Waals surface area contributed by atoms with Crippen LogP contribution in [0.1, 0.15) is 44.5 Å². The number of aromatic nitrogens is 1. The molecule has 0 saturated heterocycles. The number of carbonyl (C=O) groups is 1. The summed E-state index contributed by atoms with van der Waals surface area (Å²) in [6.07, 6.45) is 1.55. The number of carbonyl (C=O) groups excluding carboxylic acids is 1. The van der Waals surface area contributed by atoms with Gasteiger partial charge in [0.2, 0.25) is 0 Å². The van der Waals surface area contributed by atoms with Gasteiger partial charge in [0, 0.05) is 27.6 Å². The van der Waals surface area contributed by atoms with Crippen LogP contribution < -0.4 is 5.32 Å². The van der Waals surface area contributed by atoms with E-state index in [9.17, 15) is 4.79 Å². The van der Waals surface area contributed by atoms with Gasteiger partial charge in [-0.1, -0.05) is 15.9 Å². The van der Waals surface area contributed by atoms with Crippen molar-refractivity contribution < 1.29 is 9.53 Å². The molecule has 6 heteroatoms. The lowest BCUT2D eigenvalue weighted by molar-refractivity contribution is 0.0490. The second kappa shape index (κ2) is 7.24. The van der Waals surface area contributed by atoms with E-state index in [4.69, 9.17) is 4.74 Å². The lowest BCUT2D eigenvalue weighted by Gasteiger charge is -2.32. The van der Waals surface area contributed by atoms with Crippen molar-refractivity contribution >= 4 is 32.9 Å². The quantitative estimate of drug-likeness (QED) is 0.759. The van der Waals surface area contributed by atoms with E-state index in [1.165, 1.54) is 10.9 Å². The first-order chi connectivity index (χ1) is 12.1. The molecule has 0 aliphatic heterocycles. The molecule has 2 aromatic rings. The largest absolute Gasteiger partial charge is 0.444 e. The number of nitrogens with zero attached hydrogens (tertiary/aromatic N) is 1. The number of amides is 1. The second-order valence-corrected chi connectivity index (χ2v) is 9.39. The normalized spacial score (nSPS) is 20.3. The fourth-order valence-corrected chi connectivity index (χ4v) is 4.18. The van der Waals surface area contributed by atoms with Gasteiger partial charge in [-0.15, -0.1) is 0 Å². The minimum absolute atomic E-state index is 0.0651. The van der Waals surface area contributed by atoms with Crippen LogP contribution in [0, 0.1) is 5.92 Å². The van der Waals surface area contributed by atoms with Crippen LogP contribution in [0.2, 0.25) is 0 Å². The number of ether oxygens (including phenoxy) is 1. The van der Waals surface area contributed by atoms with Crippen LogP contribution in [-0.4, -0.2) is 42.2 Å². The molecule has 0 bridgehead atoms. The van der Waals surface area contributed by atoms with Gasteiger partial charge < -0.3 is 19.9 Å². The van der Waals surface area contributed by atoms with Crippen molar-refractivity contribution in [1.82, 2.24) is 15.2 Å². The third-order valence-electron chi connectivity index (χ3n) is 4.63. The van der Waals surface area contributed by atoms with Gasteiger partial charge in [-0.25, -0.2) is 4.79 Å². The summed E-state index contributed by atoms with van der Waals surface area (Å²) in [4.78, 5) is 18.1. The molecule has 1 aliphatic rings. The van der Waals surface area contributed by atoms with Gasteiger partial charge in [0.15, 0.2) is 0 Å². The summed E-state index contributed by atoms with van der Waals surface area (Å²) >= 11 is 3.58. The Morgan fingerprint density at radius 1 is 1.38 bits per heavy atom. The molecule has 0 spiro atoms. The van der Waals surface area contributed by atoms with Crippen molar-refractivity contribution in [3.05, 3.63) is 33.9 Å². The standard InChI is InChI=1S/C20H28BrN3O2/c1-20(2,3)26-19(25)23-17-9-12(11-24(4)5)8-15-14-10-13(21)6-7-16(14)22-18(15)17/h6-7,10,12,17,22H,8-9,11H2,1-5H3,(H,23,25). The van der Waals surface area contributed by atoms with Gasteiger partial charge in [-0.3, -0.25) is 0 Å². The number of halogens is 1. The maximum atomic E-state index is 12.4. The molecule has 2 N–H and O–H groups in total. The summed E-state index contributed by atoms with van der Waals surface area (Å²) in [5.41, 5.74) is 3.02. The molecule has 1 aromatic heterocycles. The maximum Gasteiger partial charge on any atom is 0.408 e. The minimum atomic E-state index is -0.504. The van der Waals surface area contributed by atoms with Crippen molar-refractivity contribution in [1.29, 1.82) is 0 Å². The number of benzene rings is 1. The molecular formula is C20H28BrN3O2. The SMILES string of the molecule is CN(C)CC1Cc2c([nH]c3ccc(Br)cc23)C(NC(=O)OC(C)(C)C)C1. The minimum Gasteiger partial charge on any atom is -0.444 e. The van der Waals surface area contributed by atoms with Crippen molar-refractivity contribution in [2.45, 2.75) is 45.3 Å². The van der Waals surface area contributed by atoms with E-state index < -0.39 is 5.60 Å². The Bertz CT molecular complexity index is 807. The van der Waals surface area contributed by atoms with Gasteiger partial charge in [0.1, 0.15) is 5.60 Å². The van der Waals surface area contributed by atoms with E-state index in [2.05, 4.69) is 57.4 Å². The number of H-pyrrole nitrogens is 1. The molecule has 1 aliphatic carbocycles. The third-order valence-corrected chi connectivity index (χ3v) is 5.12. The molecule has 26 heavy (non-hydrogen) atoms. The van der Waals surface area contributed by atoms with E-state index in [1.54, 1.807) is 0 Å². The summed E-state index contributed by atoms with van der Waals surface area (Å²) in [5.74, 6) is 0.482. The van der Waals surface area contributed by atoms with E-state index in [1.807, 2.05) is 26.8 Å². The number of rotatable bonds is 3. The highest BCUT2D eigenvalue weighted by atomic mass is 79.9. The van der Waals surface area contributed by atoms with E-state index in [0.717, 1.165) is 35.1 Å².